The molecule has 0 aliphatic carbocycles. The van der Waals surface area contributed by atoms with Gasteiger partial charge in [0.1, 0.15) is 5.82 Å². The monoisotopic (exact) mass is 319 g/mol. The van der Waals surface area contributed by atoms with Crippen molar-refractivity contribution in [1.82, 2.24) is 5.32 Å². The number of carboxylic acid groups (broad SMARTS) is 1. The molecule has 0 aliphatic heterocycles. The van der Waals surface area contributed by atoms with E-state index < -0.39 is 23.7 Å². The molecule has 18 heavy (non-hydrogen) atoms. The van der Waals surface area contributed by atoms with Gasteiger partial charge < -0.3 is 15.2 Å². The van der Waals surface area contributed by atoms with E-state index in [2.05, 4.69) is 26.0 Å². The minimum atomic E-state index is -1.22. The molecule has 7 heteroatoms. The van der Waals surface area contributed by atoms with Crippen LogP contribution in [0.15, 0.2) is 22.7 Å². The van der Waals surface area contributed by atoms with Crippen LogP contribution in [-0.2, 0) is 9.53 Å². The summed E-state index contributed by atoms with van der Waals surface area (Å²) in [6, 6.07) is 2.39. The topological polar surface area (TPSA) is 75.6 Å². The summed E-state index contributed by atoms with van der Waals surface area (Å²) in [6.07, 6.45) is 0. The lowest BCUT2D eigenvalue weighted by atomic mass is 10.2. The van der Waals surface area contributed by atoms with Crippen LogP contribution in [0, 0.1) is 5.82 Å². The summed E-state index contributed by atoms with van der Waals surface area (Å²) in [4.78, 5) is 22.6. The first-order valence-corrected chi connectivity index (χ1v) is 5.72. The average Bonchev–Trinajstić information content (AvgIpc) is 2.31. The minimum absolute atomic E-state index is 0.0253. The smallest absolute Gasteiger partial charge is 0.328 e. The average molecular weight is 320 g/mol. The van der Waals surface area contributed by atoms with E-state index in [0.29, 0.717) is 4.47 Å². The van der Waals surface area contributed by atoms with E-state index in [1.807, 2.05) is 0 Å². The second-order valence-electron chi connectivity index (χ2n) is 3.44. The van der Waals surface area contributed by atoms with E-state index >= 15 is 0 Å². The van der Waals surface area contributed by atoms with Gasteiger partial charge in [0.25, 0.3) is 5.91 Å². The lowest BCUT2D eigenvalue weighted by molar-refractivity contribution is -0.140. The summed E-state index contributed by atoms with van der Waals surface area (Å²) >= 11 is 3.09. The number of nitrogens with one attached hydrogen (secondary N) is 1. The summed E-state index contributed by atoms with van der Waals surface area (Å²) in [6.45, 7) is -0.173. The van der Waals surface area contributed by atoms with Gasteiger partial charge in [-0.15, -0.1) is 0 Å². The minimum Gasteiger partial charge on any atom is -0.480 e. The van der Waals surface area contributed by atoms with Crippen LogP contribution in [-0.4, -0.2) is 36.7 Å². The van der Waals surface area contributed by atoms with Gasteiger partial charge in [-0.05, 0) is 34.1 Å². The number of amides is 1. The number of carbonyl (C=O) groups excluding carboxylic acids is 1. The number of carbonyl (C=O) groups is 2. The second kappa shape index (κ2) is 6.46. The molecule has 0 heterocycles. The van der Waals surface area contributed by atoms with Gasteiger partial charge in [-0.25, -0.2) is 9.18 Å². The van der Waals surface area contributed by atoms with E-state index in [4.69, 9.17) is 5.11 Å². The highest BCUT2D eigenvalue weighted by atomic mass is 79.9. The molecular formula is C11H11BrFNO4. The van der Waals surface area contributed by atoms with Crippen molar-refractivity contribution in [2.45, 2.75) is 6.04 Å². The first-order chi connectivity index (χ1) is 8.45. The van der Waals surface area contributed by atoms with Crippen LogP contribution in [0.4, 0.5) is 4.39 Å². The number of carboxylic acids is 1. The van der Waals surface area contributed by atoms with Gasteiger partial charge in [0.2, 0.25) is 0 Å². The highest BCUT2D eigenvalue weighted by molar-refractivity contribution is 9.10. The Morgan fingerprint density at radius 1 is 1.56 bits per heavy atom. The van der Waals surface area contributed by atoms with Gasteiger partial charge in [-0.2, -0.15) is 0 Å². The Bertz CT molecular complexity index is 466. The number of ether oxygens (including phenoxy) is 1. The highest BCUT2D eigenvalue weighted by Crippen LogP contribution is 2.17. The Kier molecular flexibility index (Phi) is 5.24. The van der Waals surface area contributed by atoms with Crippen molar-refractivity contribution in [3.8, 4) is 0 Å². The molecule has 1 rings (SSSR count). The molecule has 1 aromatic carbocycles. The predicted molar refractivity (Wildman–Crippen MR) is 64.9 cm³/mol. The van der Waals surface area contributed by atoms with Gasteiger partial charge in [0, 0.05) is 11.6 Å². The Labute approximate surface area is 111 Å². The molecule has 0 saturated carbocycles. The quantitative estimate of drug-likeness (QED) is 0.860. The molecule has 98 valence electrons. The Morgan fingerprint density at radius 2 is 2.22 bits per heavy atom. The molecule has 0 saturated heterocycles. The fourth-order valence-corrected chi connectivity index (χ4v) is 1.68. The van der Waals surface area contributed by atoms with Crippen molar-refractivity contribution in [2.24, 2.45) is 0 Å². The zero-order valence-electron chi connectivity index (χ0n) is 9.44. The number of hydrogen-bond donors (Lipinski definition) is 2. The number of benzene rings is 1. The highest BCUT2D eigenvalue weighted by Gasteiger charge is 2.21. The molecule has 1 atom stereocenters. The lowest BCUT2D eigenvalue weighted by Gasteiger charge is -2.14. The fourth-order valence-electron chi connectivity index (χ4n) is 1.25. The van der Waals surface area contributed by atoms with Crippen molar-refractivity contribution in [2.75, 3.05) is 13.7 Å². The maximum Gasteiger partial charge on any atom is 0.328 e. The molecule has 0 spiro atoms. The molecule has 1 amide bonds. The van der Waals surface area contributed by atoms with Crippen molar-refractivity contribution in [3.05, 3.63) is 34.1 Å². The maximum absolute atomic E-state index is 13.0. The van der Waals surface area contributed by atoms with Crippen LogP contribution >= 0.6 is 15.9 Å². The normalized spacial score (nSPS) is 11.9. The molecule has 1 aromatic rings. The number of hydrogen-bond acceptors (Lipinski definition) is 3. The van der Waals surface area contributed by atoms with Crippen LogP contribution in [0.3, 0.4) is 0 Å². The second-order valence-corrected chi connectivity index (χ2v) is 4.30. The summed E-state index contributed by atoms with van der Waals surface area (Å²) in [7, 11) is 1.32. The first kappa shape index (κ1) is 14.6. The van der Waals surface area contributed by atoms with E-state index in [0.717, 1.165) is 6.07 Å². The predicted octanol–water partition coefficient (Wildman–Crippen LogP) is 1.42. The van der Waals surface area contributed by atoms with Gasteiger partial charge >= 0.3 is 5.97 Å². The zero-order valence-corrected chi connectivity index (χ0v) is 11.0. The first-order valence-electron chi connectivity index (χ1n) is 4.93. The van der Waals surface area contributed by atoms with Gasteiger partial charge in [-0.3, -0.25) is 4.79 Å². The van der Waals surface area contributed by atoms with Crippen LogP contribution in [0.25, 0.3) is 0 Å². The third-order valence-corrected chi connectivity index (χ3v) is 2.80. The summed E-state index contributed by atoms with van der Waals surface area (Å²) in [5, 5.41) is 11.1. The fraction of sp³-hybridized carbons (Fsp3) is 0.273. The summed E-state index contributed by atoms with van der Waals surface area (Å²) < 4.78 is 18.1. The summed E-state index contributed by atoms with van der Waals surface area (Å²) in [5.41, 5.74) is 0.0253. The Balaban J connectivity index is 2.86. The molecule has 0 bridgehead atoms. The van der Waals surface area contributed by atoms with Crippen molar-refractivity contribution in [1.29, 1.82) is 0 Å². The molecule has 0 radical (unpaired) electrons. The molecule has 0 fully saturated rings. The SMILES string of the molecule is COCC(NC(=O)c1cc(F)ccc1Br)C(=O)O. The molecule has 5 nitrogen and oxygen atoms in total. The van der Waals surface area contributed by atoms with Crippen LogP contribution < -0.4 is 5.32 Å². The lowest BCUT2D eigenvalue weighted by Crippen LogP contribution is -2.43. The van der Waals surface area contributed by atoms with E-state index in [-0.39, 0.29) is 12.2 Å². The Morgan fingerprint density at radius 3 is 2.78 bits per heavy atom. The van der Waals surface area contributed by atoms with Crippen molar-refractivity contribution in [3.63, 3.8) is 0 Å². The summed E-state index contributed by atoms with van der Waals surface area (Å²) in [5.74, 6) is -2.49. The molecule has 2 N–H and O–H groups in total. The van der Waals surface area contributed by atoms with Crippen molar-refractivity contribution < 1.29 is 23.8 Å². The van der Waals surface area contributed by atoms with Gasteiger partial charge in [0.05, 0.1) is 12.2 Å². The van der Waals surface area contributed by atoms with E-state index in [1.54, 1.807) is 0 Å². The third-order valence-electron chi connectivity index (χ3n) is 2.11. The van der Waals surface area contributed by atoms with Crippen LogP contribution in [0.5, 0.6) is 0 Å². The maximum atomic E-state index is 13.0. The number of aliphatic carboxylic acids is 1. The van der Waals surface area contributed by atoms with Crippen LogP contribution in [0.1, 0.15) is 10.4 Å². The standard InChI is InChI=1S/C11H11BrFNO4/c1-18-5-9(11(16)17)14-10(15)7-4-6(13)2-3-8(7)12/h2-4,9H,5H2,1H3,(H,14,15)(H,16,17). The van der Waals surface area contributed by atoms with Gasteiger partial charge in [-0.1, -0.05) is 0 Å². The number of rotatable bonds is 5. The molecule has 0 aliphatic rings. The zero-order chi connectivity index (χ0) is 13.7. The van der Waals surface area contributed by atoms with Crippen LogP contribution in [0.2, 0.25) is 0 Å². The number of halogens is 2. The largest absolute Gasteiger partial charge is 0.480 e. The molecule has 1 unspecified atom stereocenters. The number of methoxy groups -OCH3 is 1. The van der Waals surface area contributed by atoms with Crippen molar-refractivity contribution >= 4 is 27.8 Å². The Hall–Kier alpha value is -1.47. The van der Waals surface area contributed by atoms with E-state index in [1.165, 1.54) is 19.2 Å². The van der Waals surface area contributed by atoms with E-state index in [9.17, 15) is 14.0 Å². The van der Waals surface area contributed by atoms with Gasteiger partial charge in [0.15, 0.2) is 6.04 Å². The third kappa shape index (κ3) is 3.78. The molecule has 0 aromatic heterocycles. The molecular weight excluding hydrogens is 309 g/mol.